The fourth-order valence-electron chi connectivity index (χ4n) is 7.14. The van der Waals surface area contributed by atoms with E-state index in [1.165, 1.54) is 0 Å². The smallest absolute Gasteiger partial charge is 0.313 e. The van der Waals surface area contributed by atoms with E-state index in [9.17, 15) is 24.3 Å². The number of hydrogen-bond acceptors (Lipinski definition) is 7. The fourth-order valence-corrected chi connectivity index (χ4v) is 7.87. The van der Waals surface area contributed by atoms with Gasteiger partial charge in [-0.2, -0.15) is 0 Å². The maximum atomic E-state index is 14.7. The normalized spacial score (nSPS) is 33.2. The molecular weight excluding hydrogens is 642 g/mol. The third kappa shape index (κ3) is 6.36. The van der Waals surface area contributed by atoms with Crippen LogP contribution < -0.4 is 5.32 Å². The second kappa shape index (κ2) is 13.4. The Morgan fingerprint density at radius 3 is 2.44 bits per heavy atom. The van der Waals surface area contributed by atoms with E-state index in [2.05, 4.69) is 21.2 Å². The zero-order valence-electron chi connectivity index (χ0n) is 26.4. The van der Waals surface area contributed by atoms with Crippen LogP contribution in [0, 0.1) is 11.8 Å². The van der Waals surface area contributed by atoms with Gasteiger partial charge in [-0.1, -0.05) is 58.4 Å². The Bertz CT molecular complexity index is 1360. The van der Waals surface area contributed by atoms with Crippen molar-refractivity contribution >= 4 is 39.6 Å². The molecule has 1 aromatic carbocycles. The molecule has 4 aliphatic heterocycles. The van der Waals surface area contributed by atoms with Gasteiger partial charge in [0, 0.05) is 36.1 Å². The SMILES string of the molecule is C[C@@H]1NC(=O)CC/C=C\CN(C(C)(C)C)C(=O)[C@H]2N(CCCCCO)C(=O)[C@@H]3[C@@H](C(=O)O[C@H]1c1ccccc1)[C@@H]1O[C@@]32C=C1Br. The number of cyclic esters (lactones) is 1. The number of amides is 3. The second-order valence-electron chi connectivity index (χ2n) is 13.4. The average Bonchev–Trinajstić information content (AvgIpc) is 3.58. The van der Waals surface area contributed by atoms with Gasteiger partial charge in [0.05, 0.1) is 12.0 Å². The van der Waals surface area contributed by atoms with Gasteiger partial charge < -0.3 is 29.7 Å². The van der Waals surface area contributed by atoms with Gasteiger partial charge in [-0.3, -0.25) is 19.2 Å². The van der Waals surface area contributed by atoms with Gasteiger partial charge in [0.25, 0.3) is 0 Å². The number of benzene rings is 1. The number of halogens is 1. The van der Waals surface area contributed by atoms with Gasteiger partial charge >= 0.3 is 5.97 Å². The fraction of sp³-hybridized carbons (Fsp3) is 0.588. The van der Waals surface area contributed by atoms with Crippen molar-refractivity contribution in [1.29, 1.82) is 0 Å². The Hall–Kier alpha value is -3.02. The number of esters is 1. The first kappa shape index (κ1) is 33.3. The van der Waals surface area contributed by atoms with E-state index in [0.29, 0.717) is 35.7 Å². The van der Waals surface area contributed by atoms with Crippen molar-refractivity contribution in [2.24, 2.45) is 11.8 Å². The van der Waals surface area contributed by atoms with E-state index in [1.807, 2.05) is 69.3 Å². The van der Waals surface area contributed by atoms with E-state index in [-0.39, 0.29) is 43.8 Å². The van der Waals surface area contributed by atoms with Gasteiger partial charge in [0.15, 0.2) is 0 Å². The average molecular weight is 687 g/mol. The molecule has 0 unspecified atom stereocenters. The van der Waals surface area contributed by atoms with Gasteiger partial charge in [-0.15, -0.1) is 0 Å². The number of nitrogens with one attached hydrogen (secondary N) is 1. The lowest BCUT2D eigenvalue weighted by molar-refractivity contribution is -0.161. The third-order valence-corrected chi connectivity index (χ3v) is 9.95. The molecule has 0 aliphatic carbocycles. The van der Waals surface area contributed by atoms with E-state index in [4.69, 9.17) is 9.47 Å². The van der Waals surface area contributed by atoms with Crippen molar-refractivity contribution in [3.63, 3.8) is 0 Å². The van der Waals surface area contributed by atoms with Crippen molar-refractivity contribution in [3.8, 4) is 0 Å². The predicted octanol–water partition coefficient (Wildman–Crippen LogP) is 3.79. The number of aliphatic hydroxyl groups excluding tert-OH is 1. The maximum Gasteiger partial charge on any atom is 0.313 e. The number of carbonyl (C=O) groups is 4. The number of nitrogens with zero attached hydrogens (tertiary/aromatic N) is 2. The molecule has 2 N–H and O–H groups in total. The van der Waals surface area contributed by atoms with Crippen LogP contribution in [-0.4, -0.2) is 87.6 Å². The Kier molecular flexibility index (Phi) is 9.91. The van der Waals surface area contributed by atoms with Gasteiger partial charge in [0.2, 0.25) is 17.7 Å². The largest absolute Gasteiger partial charge is 0.455 e. The quantitative estimate of drug-likeness (QED) is 0.265. The summed E-state index contributed by atoms with van der Waals surface area (Å²) in [6.45, 7) is 8.23. The first-order chi connectivity index (χ1) is 21.4. The summed E-state index contributed by atoms with van der Waals surface area (Å²) in [7, 11) is 0. The monoisotopic (exact) mass is 685 g/mol. The highest BCUT2D eigenvalue weighted by atomic mass is 79.9. The summed E-state index contributed by atoms with van der Waals surface area (Å²) in [5.74, 6) is -3.35. The Morgan fingerprint density at radius 2 is 1.76 bits per heavy atom. The van der Waals surface area contributed by atoms with Crippen LogP contribution in [0.2, 0.25) is 0 Å². The Morgan fingerprint density at radius 1 is 1.02 bits per heavy atom. The summed E-state index contributed by atoms with van der Waals surface area (Å²) in [6, 6.07) is 7.67. The third-order valence-electron chi connectivity index (χ3n) is 9.27. The topological polar surface area (TPSA) is 125 Å². The van der Waals surface area contributed by atoms with Gasteiger partial charge in [-0.25, -0.2) is 0 Å². The summed E-state index contributed by atoms with van der Waals surface area (Å²) in [6.07, 6.45) is 6.54. The highest BCUT2D eigenvalue weighted by molar-refractivity contribution is 9.11. The minimum atomic E-state index is -1.36. The van der Waals surface area contributed by atoms with Crippen LogP contribution >= 0.6 is 15.9 Å². The number of hydrogen-bond donors (Lipinski definition) is 2. The molecule has 5 bridgehead atoms. The molecule has 3 amide bonds. The molecule has 7 atom stereocenters. The summed E-state index contributed by atoms with van der Waals surface area (Å²) in [5, 5.41) is 12.3. The van der Waals surface area contributed by atoms with Crippen LogP contribution in [0.4, 0.5) is 0 Å². The molecule has 10 nitrogen and oxygen atoms in total. The summed E-state index contributed by atoms with van der Waals surface area (Å²) < 4.78 is 13.4. The molecule has 0 radical (unpaired) electrons. The molecule has 5 rings (SSSR count). The van der Waals surface area contributed by atoms with Crippen LogP contribution in [0.15, 0.2) is 53.0 Å². The molecule has 244 valence electrons. The van der Waals surface area contributed by atoms with E-state index in [0.717, 1.165) is 0 Å². The van der Waals surface area contributed by atoms with Crippen LogP contribution in [-0.2, 0) is 28.7 Å². The number of allylic oxidation sites excluding steroid dienone is 1. The van der Waals surface area contributed by atoms with Crippen molar-refractivity contribution in [2.45, 2.75) is 95.2 Å². The van der Waals surface area contributed by atoms with Crippen LogP contribution in [0.25, 0.3) is 0 Å². The molecule has 45 heavy (non-hydrogen) atoms. The minimum absolute atomic E-state index is 0.0445. The number of ether oxygens (including phenoxy) is 2. The van der Waals surface area contributed by atoms with E-state index >= 15 is 0 Å². The number of fused-ring (bicyclic) bond motifs is 2. The molecule has 11 heteroatoms. The Balaban J connectivity index is 1.60. The lowest BCUT2D eigenvalue weighted by Gasteiger charge is -2.41. The molecule has 0 saturated carbocycles. The molecular formula is C34H44BrN3O7. The molecule has 4 aliphatic rings. The van der Waals surface area contributed by atoms with Crippen LogP contribution in [0.5, 0.6) is 0 Å². The molecule has 1 spiro atoms. The second-order valence-corrected chi connectivity index (χ2v) is 14.3. The number of aliphatic hydroxyl groups is 1. The highest BCUT2D eigenvalue weighted by Crippen LogP contribution is 2.59. The first-order valence-electron chi connectivity index (χ1n) is 15.9. The summed E-state index contributed by atoms with van der Waals surface area (Å²) >= 11 is 3.60. The Labute approximate surface area is 273 Å². The van der Waals surface area contributed by atoms with Crippen molar-refractivity contribution < 1.29 is 33.8 Å². The predicted molar refractivity (Wildman–Crippen MR) is 171 cm³/mol. The van der Waals surface area contributed by atoms with Crippen molar-refractivity contribution in [2.75, 3.05) is 19.7 Å². The van der Waals surface area contributed by atoms with Gasteiger partial charge in [0.1, 0.15) is 29.8 Å². The van der Waals surface area contributed by atoms with E-state index < -0.39 is 53.2 Å². The molecule has 1 aromatic rings. The minimum Gasteiger partial charge on any atom is -0.455 e. The summed E-state index contributed by atoms with van der Waals surface area (Å²) in [4.78, 5) is 59.6. The lowest BCUT2D eigenvalue weighted by Crippen LogP contribution is -2.59. The number of rotatable bonds is 6. The molecule has 2 saturated heterocycles. The summed E-state index contributed by atoms with van der Waals surface area (Å²) in [5.41, 5.74) is -1.25. The van der Waals surface area contributed by atoms with Gasteiger partial charge in [-0.05, 0) is 65.0 Å². The number of carbonyl (C=O) groups excluding carboxylic acids is 4. The standard InChI is InChI=1S/C34H44BrN3O7/c1-21-27(22-14-8-5-9-15-22)44-32(43)25-26-30(41)37(17-11-7-13-19-39)29(34(26)20-23(35)28(25)45-34)31(42)38(33(2,3)4)18-12-6-10-16-24(40)36-21/h5-6,8-9,12,14-15,20-21,25-29,39H,7,10-11,13,16-19H2,1-4H3,(H,36,40)/b12-6-/t21-,25+,26-,27+,28+,29+,34-/m0/s1. The molecule has 0 aromatic heterocycles. The van der Waals surface area contributed by atoms with Crippen molar-refractivity contribution in [3.05, 3.63) is 58.6 Å². The zero-order valence-corrected chi connectivity index (χ0v) is 28.0. The number of unbranched alkanes of at least 4 members (excludes halogenated alkanes) is 2. The van der Waals surface area contributed by atoms with E-state index in [1.54, 1.807) is 16.7 Å². The maximum absolute atomic E-state index is 14.7. The molecule has 2 fully saturated rings. The zero-order chi connectivity index (χ0) is 32.5. The van der Waals surface area contributed by atoms with Crippen LogP contribution in [0.1, 0.15) is 71.5 Å². The molecule has 4 heterocycles. The number of likely N-dealkylation sites (tertiary alicyclic amines) is 1. The lowest BCUT2D eigenvalue weighted by atomic mass is 9.74. The van der Waals surface area contributed by atoms with Crippen LogP contribution in [0.3, 0.4) is 0 Å². The van der Waals surface area contributed by atoms with Crippen molar-refractivity contribution in [1.82, 2.24) is 15.1 Å². The highest BCUT2D eigenvalue weighted by Gasteiger charge is 2.75. The first-order valence-corrected chi connectivity index (χ1v) is 16.7.